The molecule has 1 rings (SSSR count). The highest BCUT2D eigenvalue weighted by molar-refractivity contribution is 6.17. The number of ether oxygens (including phenoxy) is 1. The molecule has 0 unspecified atom stereocenters. The van der Waals surface area contributed by atoms with Crippen LogP contribution in [0.3, 0.4) is 0 Å². The number of nitrogens with zero attached hydrogens (tertiary/aromatic N) is 2. The third kappa shape index (κ3) is 3.36. The predicted octanol–water partition coefficient (Wildman–Crippen LogP) is 2.02. The van der Waals surface area contributed by atoms with Gasteiger partial charge in [-0.3, -0.25) is 0 Å². The molecule has 0 bridgehead atoms. The van der Waals surface area contributed by atoms with E-state index in [2.05, 4.69) is 6.07 Å². The second-order valence-electron chi connectivity index (χ2n) is 3.88. The lowest BCUT2D eigenvalue weighted by molar-refractivity contribution is -0.136. The van der Waals surface area contributed by atoms with Gasteiger partial charge in [0.25, 0.3) is 0 Å². The molecule has 18 heavy (non-hydrogen) atoms. The number of carbonyl (C=O) groups excluding carboxylic acids is 1. The average Bonchev–Trinajstić information content (AvgIpc) is 2.36. The number of esters is 1. The predicted molar refractivity (Wildman–Crippen MR) is 69.5 cm³/mol. The van der Waals surface area contributed by atoms with Gasteiger partial charge in [0, 0.05) is 25.9 Å². The van der Waals surface area contributed by atoms with Crippen LogP contribution in [-0.2, 0) is 9.53 Å². The molecule has 1 aromatic carbocycles. The van der Waals surface area contributed by atoms with Crippen molar-refractivity contribution in [2.24, 2.45) is 0 Å². The summed E-state index contributed by atoms with van der Waals surface area (Å²) < 4.78 is 5.02. The molecule has 0 saturated carbocycles. The molecule has 4 nitrogen and oxygen atoms in total. The zero-order valence-corrected chi connectivity index (χ0v) is 10.8. The fraction of sp³-hybridized carbons (Fsp3) is 0.286. The van der Waals surface area contributed by atoms with Crippen molar-refractivity contribution in [3.8, 4) is 6.07 Å². The van der Waals surface area contributed by atoms with Crippen molar-refractivity contribution in [2.45, 2.75) is 6.92 Å². The molecule has 0 radical (unpaired) electrons. The molecule has 0 aliphatic rings. The van der Waals surface area contributed by atoms with Crippen LogP contribution in [0.4, 0.5) is 0 Å². The summed E-state index contributed by atoms with van der Waals surface area (Å²) in [5.41, 5.74) is 1.44. The third-order valence-electron chi connectivity index (χ3n) is 2.22. The highest BCUT2D eigenvalue weighted by Crippen LogP contribution is 2.20. The van der Waals surface area contributed by atoms with Crippen molar-refractivity contribution in [2.75, 3.05) is 20.7 Å². The first kappa shape index (κ1) is 13.8. The molecule has 0 atom stereocenters. The Morgan fingerprint density at radius 1 is 1.44 bits per heavy atom. The molecule has 0 fully saturated rings. The molecule has 0 aliphatic heterocycles. The van der Waals surface area contributed by atoms with Crippen molar-refractivity contribution in [3.05, 3.63) is 41.6 Å². The van der Waals surface area contributed by atoms with Gasteiger partial charge >= 0.3 is 5.97 Å². The summed E-state index contributed by atoms with van der Waals surface area (Å²) >= 11 is 0. The van der Waals surface area contributed by atoms with E-state index in [1.807, 2.05) is 14.1 Å². The highest BCUT2D eigenvalue weighted by atomic mass is 16.5. The van der Waals surface area contributed by atoms with Crippen LogP contribution >= 0.6 is 0 Å². The summed E-state index contributed by atoms with van der Waals surface area (Å²) in [5.74, 6) is -0.422. The van der Waals surface area contributed by atoms with E-state index in [9.17, 15) is 4.79 Å². The maximum Gasteiger partial charge on any atom is 0.340 e. The summed E-state index contributed by atoms with van der Waals surface area (Å²) in [5, 5.41) is 9.07. The summed E-state index contributed by atoms with van der Waals surface area (Å²) in [6, 6.07) is 9.05. The van der Waals surface area contributed by atoms with E-state index in [4.69, 9.17) is 10.00 Å². The van der Waals surface area contributed by atoms with Gasteiger partial charge in [-0.15, -0.1) is 0 Å². The normalized spacial score (nSPS) is 10.7. The van der Waals surface area contributed by atoms with Gasteiger partial charge in [-0.1, -0.05) is 18.2 Å². The van der Waals surface area contributed by atoms with E-state index in [1.54, 1.807) is 42.3 Å². The molecule has 4 heteroatoms. The Balaban J connectivity index is 3.27. The highest BCUT2D eigenvalue weighted by Gasteiger charge is 2.16. The molecule has 0 amide bonds. The quantitative estimate of drug-likeness (QED) is 0.600. The molecule has 94 valence electrons. The average molecular weight is 244 g/mol. The molecule has 0 aromatic heterocycles. The Kier molecular flexibility index (Phi) is 4.94. The Morgan fingerprint density at radius 2 is 2.11 bits per heavy atom. The molecule has 0 aliphatic carbocycles. The summed E-state index contributed by atoms with van der Waals surface area (Å²) in [6.07, 6.45) is 1.66. The number of hydrogen-bond acceptors (Lipinski definition) is 4. The van der Waals surface area contributed by atoms with Crippen molar-refractivity contribution in [1.82, 2.24) is 4.90 Å². The van der Waals surface area contributed by atoms with E-state index in [0.717, 1.165) is 0 Å². The van der Waals surface area contributed by atoms with Gasteiger partial charge < -0.3 is 9.64 Å². The van der Waals surface area contributed by atoms with Gasteiger partial charge in [0.05, 0.1) is 23.8 Å². The SMILES string of the molecule is CCOC(=O)/C(=C\N(C)C)c1ccccc1C#N. The number of hydrogen-bond donors (Lipinski definition) is 0. The minimum atomic E-state index is -0.422. The molecular formula is C14H16N2O2. The third-order valence-corrected chi connectivity index (χ3v) is 2.22. The lowest BCUT2D eigenvalue weighted by Crippen LogP contribution is -2.12. The second kappa shape index (κ2) is 6.45. The lowest BCUT2D eigenvalue weighted by Gasteiger charge is -2.12. The summed E-state index contributed by atoms with van der Waals surface area (Å²) in [7, 11) is 3.63. The molecule has 0 N–H and O–H groups in total. The Labute approximate surface area is 107 Å². The van der Waals surface area contributed by atoms with Gasteiger partial charge in [0.1, 0.15) is 0 Å². The van der Waals surface area contributed by atoms with Gasteiger partial charge in [0.15, 0.2) is 0 Å². The molecular weight excluding hydrogens is 228 g/mol. The Bertz CT molecular complexity index is 499. The first-order chi connectivity index (χ1) is 8.60. The molecule has 0 spiro atoms. The van der Waals surface area contributed by atoms with Crippen LogP contribution in [0.25, 0.3) is 5.57 Å². The van der Waals surface area contributed by atoms with Gasteiger partial charge in [-0.25, -0.2) is 4.79 Å². The number of rotatable bonds is 4. The van der Waals surface area contributed by atoms with E-state index in [-0.39, 0.29) is 0 Å². The van der Waals surface area contributed by atoms with Crippen LogP contribution in [0.1, 0.15) is 18.1 Å². The molecule has 1 aromatic rings. The maximum atomic E-state index is 11.9. The standard InChI is InChI=1S/C14H16N2O2/c1-4-18-14(17)13(10-16(2)3)12-8-6-5-7-11(12)9-15/h5-8,10H,4H2,1-3H3/b13-10-. The largest absolute Gasteiger partial charge is 0.462 e. The van der Waals surface area contributed by atoms with Crippen molar-refractivity contribution < 1.29 is 9.53 Å². The fourth-order valence-electron chi connectivity index (χ4n) is 1.51. The van der Waals surface area contributed by atoms with E-state index in [1.165, 1.54) is 0 Å². The maximum absolute atomic E-state index is 11.9. The van der Waals surface area contributed by atoms with Gasteiger partial charge in [-0.2, -0.15) is 5.26 Å². The van der Waals surface area contributed by atoms with Crippen LogP contribution in [0.15, 0.2) is 30.5 Å². The van der Waals surface area contributed by atoms with Crippen LogP contribution in [0.2, 0.25) is 0 Å². The number of benzene rings is 1. The molecule has 0 saturated heterocycles. The topological polar surface area (TPSA) is 53.3 Å². The first-order valence-corrected chi connectivity index (χ1v) is 5.65. The smallest absolute Gasteiger partial charge is 0.340 e. The minimum Gasteiger partial charge on any atom is -0.462 e. The van der Waals surface area contributed by atoms with Crippen molar-refractivity contribution >= 4 is 11.5 Å². The van der Waals surface area contributed by atoms with Crippen molar-refractivity contribution in [3.63, 3.8) is 0 Å². The minimum absolute atomic E-state index is 0.304. The van der Waals surface area contributed by atoms with E-state index < -0.39 is 5.97 Å². The van der Waals surface area contributed by atoms with Gasteiger partial charge in [-0.05, 0) is 13.0 Å². The van der Waals surface area contributed by atoms with E-state index >= 15 is 0 Å². The number of carbonyl (C=O) groups is 1. The van der Waals surface area contributed by atoms with Gasteiger partial charge in [0.2, 0.25) is 0 Å². The second-order valence-corrected chi connectivity index (χ2v) is 3.88. The fourth-order valence-corrected chi connectivity index (χ4v) is 1.51. The Hall–Kier alpha value is -2.28. The summed E-state index contributed by atoms with van der Waals surface area (Å²) in [6.45, 7) is 2.06. The zero-order valence-electron chi connectivity index (χ0n) is 10.8. The van der Waals surface area contributed by atoms with Crippen molar-refractivity contribution in [1.29, 1.82) is 5.26 Å². The first-order valence-electron chi connectivity index (χ1n) is 5.65. The van der Waals surface area contributed by atoms with Crippen LogP contribution in [0, 0.1) is 11.3 Å². The van der Waals surface area contributed by atoms with Crippen LogP contribution in [0.5, 0.6) is 0 Å². The van der Waals surface area contributed by atoms with Crippen LogP contribution < -0.4 is 0 Å². The number of nitriles is 1. The van der Waals surface area contributed by atoms with E-state index in [0.29, 0.717) is 23.3 Å². The Morgan fingerprint density at radius 3 is 2.67 bits per heavy atom. The lowest BCUT2D eigenvalue weighted by atomic mass is 10.0. The molecule has 0 heterocycles. The summed E-state index contributed by atoms with van der Waals surface area (Å²) in [4.78, 5) is 13.7. The van der Waals surface area contributed by atoms with Crippen LogP contribution in [-0.4, -0.2) is 31.6 Å². The monoisotopic (exact) mass is 244 g/mol. The zero-order chi connectivity index (χ0) is 13.5.